The Kier molecular flexibility index (Phi) is 5.25. The summed E-state index contributed by atoms with van der Waals surface area (Å²) in [6.07, 6.45) is 2.94. The molecule has 0 amide bonds. The van der Waals surface area contributed by atoms with Gasteiger partial charge in [0.1, 0.15) is 11.7 Å². The summed E-state index contributed by atoms with van der Waals surface area (Å²) in [5.41, 5.74) is -1.32. The molecular formula is C16H30O4. The normalized spacial score (nSPS) is 27.1. The van der Waals surface area contributed by atoms with Crippen molar-refractivity contribution in [1.29, 1.82) is 0 Å². The molecule has 0 bridgehead atoms. The Morgan fingerprint density at radius 2 is 1.80 bits per heavy atom. The van der Waals surface area contributed by atoms with Gasteiger partial charge in [-0.1, -0.05) is 41.0 Å². The van der Waals surface area contributed by atoms with Crippen LogP contribution in [0.15, 0.2) is 0 Å². The Morgan fingerprint density at radius 1 is 1.20 bits per heavy atom. The van der Waals surface area contributed by atoms with E-state index in [-0.39, 0.29) is 17.5 Å². The highest BCUT2D eigenvalue weighted by Crippen LogP contribution is 2.39. The molecular weight excluding hydrogens is 256 g/mol. The van der Waals surface area contributed by atoms with Crippen LogP contribution in [-0.2, 0) is 19.3 Å². The minimum atomic E-state index is -0.912. The van der Waals surface area contributed by atoms with Crippen molar-refractivity contribution in [2.45, 2.75) is 91.5 Å². The van der Waals surface area contributed by atoms with Gasteiger partial charge in [-0.3, -0.25) is 0 Å². The molecule has 0 saturated carbocycles. The predicted octanol–water partition coefficient (Wildman–Crippen LogP) is 4.02. The minimum Gasteiger partial charge on any atom is -0.457 e. The predicted molar refractivity (Wildman–Crippen MR) is 78.1 cm³/mol. The second-order valence-corrected chi connectivity index (χ2v) is 7.59. The van der Waals surface area contributed by atoms with Crippen LogP contribution in [0.5, 0.6) is 0 Å². The lowest BCUT2D eigenvalue weighted by atomic mass is 9.83. The average Bonchev–Trinajstić information content (AvgIpc) is 2.21. The first-order valence-corrected chi connectivity index (χ1v) is 7.64. The first kappa shape index (κ1) is 17.4. The van der Waals surface area contributed by atoms with Gasteiger partial charge in [-0.2, -0.15) is 0 Å². The zero-order valence-corrected chi connectivity index (χ0v) is 14.0. The van der Waals surface area contributed by atoms with Crippen LogP contribution >= 0.6 is 0 Å². The molecule has 0 aromatic rings. The topological polar surface area (TPSA) is 44.8 Å². The zero-order valence-electron chi connectivity index (χ0n) is 14.0. The van der Waals surface area contributed by atoms with E-state index >= 15 is 0 Å². The molecule has 0 aliphatic carbocycles. The average molecular weight is 286 g/mol. The molecule has 0 radical (unpaired) electrons. The van der Waals surface area contributed by atoms with Crippen molar-refractivity contribution >= 4 is 5.97 Å². The molecule has 2 atom stereocenters. The van der Waals surface area contributed by atoms with Crippen LogP contribution < -0.4 is 0 Å². The van der Waals surface area contributed by atoms with Crippen molar-refractivity contribution in [3.05, 3.63) is 0 Å². The summed E-state index contributed by atoms with van der Waals surface area (Å²) in [6, 6.07) is 0. The monoisotopic (exact) mass is 286 g/mol. The third-order valence-corrected chi connectivity index (χ3v) is 3.58. The van der Waals surface area contributed by atoms with E-state index in [1.807, 2.05) is 20.8 Å². The number of hydrogen-bond donors (Lipinski definition) is 0. The second kappa shape index (κ2) is 6.02. The van der Waals surface area contributed by atoms with Crippen LogP contribution in [0.2, 0.25) is 0 Å². The van der Waals surface area contributed by atoms with Crippen molar-refractivity contribution in [3.63, 3.8) is 0 Å². The molecule has 1 fully saturated rings. The van der Waals surface area contributed by atoms with E-state index in [9.17, 15) is 4.79 Å². The fraction of sp³-hybridized carbons (Fsp3) is 0.938. The van der Waals surface area contributed by atoms with Gasteiger partial charge < -0.3 is 4.74 Å². The van der Waals surface area contributed by atoms with Crippen LogP contribution in [0.3, 0.4) is 0 Å². The largest absolute Gasteiger partial charge is 0.457 e. The quantitative estimate of drug-likeness (QED) is 0.546. The van der Waals surface area contributed by atoms with E-state index in [0.717, 1.165) is 19.3 Å². The van der Waals surface area contributed by atoms with Gasteiger partial charge in [0.2, 0.25) is 5.60 Å². The lowest BCUT2D eigenvalue weighted by Gasteiger charge is -2.45. The molecule has 4 nitrogen and oxygen atoms in total. The highest BCUT2D eigenvalue weighted by Gasteiger charge is 2.58. The number of carbonyl (C=O) groups excluding carboxylic acids is 1. The summed E-state index contributed by atoms with van der Waals surface area (Å²) in [5, 5.41) is 0. The molecule has 20 heavy (non-hydrogen) atoms. The van der Waals surface area contributed by atoms with Crippen LogP contribution in [0, 0.1) is 5.41 Å². The van der Waals surface area contributed by atoms with E-state index in [1.54, 1.807) is 0 Å². The molecule has 0 unspecified atom stereocenters. The molecule has 0 aromatic carbocycles. The van der Waals surface area contributed by atoms with Crippen LogP contribution in [-0.4, -0.2) is 23.3 Å². The van der Waals surface area contributed by atoms with Crippen LogP contribution in [0.25, 0.3) is 0 Å². The molecule has 118 valence electrons. The summed E-state index contributed by atoms with van der Waals surface area (Å²) < 4.78 is 5.74. The van der Waals surface area contributed by atoms with E-state index < -0.39 is 11.2 Å². The van der Waals surface area contributed by atoms with Gasteiger partial charge in [-0.05, 0) is 38.5 Å². The van der Waals surface area contributed by atoms with E-state index in [0.29, 0.717) is 6.42 Å². The molecule has 1 aliphatic heterocycles. The number of hydrogen-bond acceptors (Lipinski definition) is 4. The highest BCUT2D eigenvalue weighted by atomic mass is 17.3. The minimum absolute atomic E-state index is 0.100. The summed E-state index contributed by atoms with van der Waals surface area (Å²) >= 11 is 0. The molecule has 1 heterocycles. The molecule has 1 aliphatic rings. The maximum atomic E-state index is 12.5. The first-order chi connectivity index (χ1) is 9.06. The molecule has 0 aromatic heterocycles. The Morgan fingerprint density at radius 3 is 2.15 bits per heavy atom. The first-order valence-electron chi connectivity index (χ1n) is 7.64. The fourth-order valence-corrected chi connectivity index (χ4v) is 3.02. The Bertz CT molecular complexity index is 339. The lowest BCUT2D eigenvalue weighted by molar-refractivity contribution is -0.499. The van der Waals surface area contributed by atoms with Gasteiger partial charge in [0.25, 0.3) is 0 Å². The Balaban J connectivity index is 2.73. The van der Waals surface area contributed by atoms with Gasteiger partial charge in [-0.15, -0.1) is 0 Å². The van der Waals surface area contributed by atoms with Gasteiger partial charge in [0.05, 0.1) is 0 Å². The van der Waals surface area contributed by atoms with Crippen LogP contribution in [0.1, 0.15) is 74.1 Å². The van der Waals surface area contributed by atoms with Crippen LogP contribution in [0.4, 0.5) is 0 Å². The SMILES string of the molecule is CCC[C@H]1OO[C@@]1(CC)C(=O)OC(C)(C)CC(C)(C)C. The Labute approximate surface area is 123 Å². The van der Waals surface area contributed by atoms with E-state index in [1.165, 1.54) is 0 Å². The fourth-order valence-electron chi connectivity index (χ4n) is 3.02. The molecule has 4 heteroatoms. The second-order valence-electron chi connectivity index (χ2n) is 7.59. The number of ether oxygens (including phenoxy) is 1. The summed E-state index contributed by atoms with van der Waals surface area (Å²) in [4.78, 5) is 22.8. The van der Waals surface area contributed by atoms with Gasteiger partial charge >= 0.3 is 5.97 Å². The van der Waals surface area contributed by atoms with Crippen molar-refractivity contribution < 1.29 is 19.3 Å². The maximum absolute atomic E-state index is 12.5. The zero-order chi connectivity index (χ0) is 15.6. The molecule has 1 saturated heterocycles. The number of esters is 1. The van der Waals surface area contributed by atoms with Gasteiger partial charge in [0.15, 0.2) is 0 Å². The van der Waals surface area contributed by atoms with Crippen molar-refractivity contribution in [2.24, 2.45) is 5.41 Å². The van der Waals surface area contributed by atoms with Gasteiger partial charge in [0, 0.05) is 0 Å². The Hall–Kier alpha value is -0.610. The smallest absolute Gasteiger partial charge is 0.345 e. The number of carbonyl (C=O) groups is 1. The van der Waals surface area contributed by atoms with E-state index in [2.05, 4.69) is 27.7 Å². The third kappa shape index (κ3) is 3.95. The van der Waals surface area contributed by atoms with Crippen molar-refractivity contribution in [3.8, 4) is 0 Å². The maximum Gasteiger partial charge on any atom is 0.345 e. The lowest BCUT2D eigenvalue weighted by Crippen LogP contribution is -2.62. The van der Waals surface area contributed by atoms with E-state index in [4.69, 9.17) is 14.5 Å². The summed E-state index contributed by atoms with van der Waals surface area (Å²) in [6.45, 7) is 14.3. The van der Waals surface area contributed by atoms with Crippen molar-refractivity contribution in [2.75, 3.05) is 0 Å². The molecule has 0 N–H and O–H groups in total. The third-order valence-electron chi connectivity index (χ3n) is 3.58. The number of rotatable bonds is 6. The molecule has 0 spiro atoms. The summed E-state index contributed by atoms with van der Waals surface area (Å²) in [7, 11) is 0. The highest BCUT2D eigenvalue weighted by molar-refractivity contribution is 5.81. The standard InChI is InChI=1S/C16H30O4/c1-8-10-12-16(9-2,20-19-12)13(17)18-15(6,7)11-14(3,4)5/h12H,8-11H2,1-7H3/t12-,16-/m1/s1. The summed E-state index contributed by atoms with van der Waals surface area (Å²) in [5.74, 6) is -0.293. The molecule has 1 rings (SSSR count). The van der Waals surface area contributed by atoms with Crippen molar-refractivity contribution in [1.82, 2.24) is 0 Å². The van der Waals surface area contributed by atoms with Gasteiger partial charge in [-0.25, -0.2) is 14.6 Å².